The van der Waals surface area contributed by atoms with Crippen LogP contribution in [0, 0.1) is 5.92 Å². The Morgan fingerprint density at radius 1 is 1.41 bits per heavy atom. The van der Waals surface area contributed by atoms with Crippen LogP contribution in [0.25, 0.3) is 0 Å². The quantitative estimate of drug-likeness (QED) is 0.732. The second-order valence-corrected chi connectivity index (χ2v) is 4.52. The maximum Gasteiger partial charge on any atom is 0.226 e. The Balaban J connectivity index is 0.00000256. The van der Waals surface area contributed by atoms with E-state index >= 15 is 0 Å². The number of nitrogens with one attached hydrogen (secondary N) is 1. The maximum atomic E-state index is 11.9. The Morgan fingerprint density at radius 3 is 2.41 bits per heavy atom. The van der Waals surface area contributed by atoms with Crippen LogP contribution in [0.3, 0.4) is 0 Å². The number of rotatable bonds is 7. The van der Waals surface area contributed by atoms with E-state index in [2.05, 4.69) is 19.2 Å². The zero-order valence-corrected chi connectivity index (χ0v) is 11.8. The molecule has 1 aliphatic rings. The van der Waals surface area contributed by atoms with Crippen LogP contribution in [0.5, 0.6) is 0 Å². The Labute approximate surface area is 110 Å². The number of ether oxygens (including phenoxy) is 1. The van der Waals surface area contributed by atoms with E-state index in [1.165, 1.54) is 0 Å². The molecule has 3 N–H and O–H groups in total. The van der Waals surface area contributed by atoms with E-state index < -0.39 is 0 Å². The molecule has 102 valence electrons. The number of hydrogen-bond acceptors (Lipinski definition) is 3. The zero-order valence-electron chi connectivity index (χ0n) is 11.0. The van der Waals surface area contributed by atoms with Gasteiger partial charge < -0.3 is 15.8 Å². The standard InChI is InChI=1S/C12H24N2O2.ClH/c1-4-12(5-2,8-13)14-11(15)9-7-10(9)16-6-3;/h9-10H,4-8,13H2,1-3H3,(H,14,15);1H. The van der Waals surface area contributed by atoms with Gasteiger partial charge in [-0.15, -0.1) is 12.4 Å². The molecule has 0 aromatic heterocycles. The molecule has 2 atom stereocenters. The van der Waals surface area contributed by atoms with Crippen LogP contribution in [0.4, 0.5) is 0 Å². The molecule has 0 spiro atoms. The third kappa shape index (κ3) is 4.12. The molecule has 17 heavy (non-hydrogen) atoms. The van der Waals surface area contributed by atoms with Gasteiger partial charge in [0.2, 0.25) is 5.91 Å². The van der Waals surface area contributed by atoms with E-state index in [0.717, 1.165) is 19.3 Å². The highest BCUT2D eigenvalue weighted by atomic mass is 35.5. The van der Waals surface area contributed by atoms with Crippen molar-refractivity contribution in [2.75, 3.05) is 13.2 Å². The Kier molecular flexibility index (Phi) is 7.05. The molecule has 1 aliphatic carbocycles. The molecule has 5 heteroatoms. The first kappa shape index (κ1) is 16.7. The Hall–Kier alpha value is -0.320. The molecular weight excluding hydrogens is 240 g/mol. The lowest BCUT2D eigenvalue weighted by molar-refractivity contribution is -0.125. The lowest BCUT2D eigenvalue weighted by atomic mass is 9.92. The molecular formula is C12H25ClN2O2. The summed E-state index contributed by atoms with van der Waals surface area (Å²) in [5, 5.41) is 3.09. The monoisotopic (exact) mass is 264 g/mol. The van der Waals surface area contributed by atoms with Gasteiger partial charge in [-0.1, -0.05) is 13.8 Å². The van der Waals surface area contributed by atoms with Crippen LogP contribution in [-0.4, -0.2) is 30.7 Å². The van der Waals surface area contributed by atoms with Gasteiger partial charge in [0, 0.05) is 13.2 Å². The molecule has 0 heterocycles. The summed E-state index contributed by atoms with van der Waals surface area (Å²) in [6, 6.07) is 0. The van der Waals surface area contributed by atoms with Crippen LogP contribution < -0.4 is 11.1 Å². The molecule has 0 saturated heterocycles. The molecule has 1 amide bonds. The lowest BCUT2D eigenvalue weighted by Crippen LogP contribution is -2.53. The smallest absolute Gasteiger partial charge is 0.226 e. The van der Waals surface area contributed by atoms with Gasteiger partial charge in [-0.05, 0) is 26.2 Å². The summed E-state index contributed by atoms with van der Waals surface area (Å²) in [5.74, 6) is 0.150. The van der Waals surface area contributed by atoms with Gasteiger partial charge in [0.1, 0.15) is 0 Å². The molecule has 0 aromatic carbocycles. The van der Waals surface area contributed by atoms with Crippen LogP contribution in [-0.2, 0) is 9.53 Å². The van der Waals surface area contributed by atoms with Crippen LogP contribution >= 0.6 is 12.4 Å². The molecule has 1 saturated carbocycles. The Morgan fingerprint density at radius 2 is 2.00 bits per heavy atom. The van der Waals surface area contributed by atoms with Gasteiger partial charge in [0.05, 0.1) is 17.6 Å². The van der Waals surface area contributed by atoms with Crippen molar-refractivity contribution < 1.29 is 9.53 Å². The average Bonchev–Trinajstić information content (AvgIpc) is 3.06. The minimum absolute atomic E-state index is 0. The number of hydrogen-bond donors (Lipinski definition) is 2. The Bertz CT molecular complexity index is 236. The van der Waals surface area contributed by atoms with Crippen LogP contribution in [0.2, 0.25) is 0 Å². The van der Waals surface area contributed by atoms with Crippen molar-refractivity contribution in [3.05, 3.63) is 0 Å². The highest BCUT2D eigenvalue weighted by Gasteiger charge is 2.45. The normalized spacial score (nSPS) is 22.8. The summed E-state index contributed by atoms with van der Waals surface area (Å²) in [5.41, 5.74) is 5.52. The summed E-state index contributed by atoms with van der Waals surface area (Å²) < 4.78 is 5.41. The van der Waals surface area contributed by atoms with Gasteiger partial charge in [-0.25, -0.2) is 0 Å². The van der Waals surface area contributed by atoms with Crippen molar-refractivity contribution in [2.24, 2.45) is 11.7 Å². The van der Waals surface area contributed by atoms with E-state index in [1.54, 1.807) is 0 Å². The molecule has 2 unspecified atom stereocenters. The SMILES string of the molecule is CCOC1CC1C(=O)NC(CC)(CC)CN.Cl. The van der Waals surface area contributed by atoms with E-state index in [-0.39, 0.29) is 35.9 Å². The first-order chi connectivity index (χ1) is 7.62. The van der Waals surface area contributed by atoms with Gasteiger partial charge in [-0.2, -0.15) is 0 Å². The molecule has 0 bridgehead atoms. The fourth-order valence-electron chi connectivity index (χ4n) is 1.97. The summed E-state index contributed by atoms with van der Waals surface area (Å²) in [4.78, 5) is 11.9. The number of carbonyl (C=O) groups excluding carboxylic acids is 1. The second-order valence-electron chi connectivity index (χ2n) is 4.52. The van der Waals surface area contributed by atoms with E-state index in [1.807, 2.05) is 6.92 Å². The minimum Gasteiger partial charge on any atom is -0.378 e. The van der Waals surface area contributed by atoms with E-state index in [4.69, 9.17) is 10.5 Å². The second kappa shape index (κ2) is 7.19. The van der Waals surface area contributed by atoms with Crippen molar-refractivity contribution in [1.82, 2.24) is 5.32 Å². The van der Waals surface area contributed by atoms with Crippen molar-refractivity contribution in [3.63, 3.8) is 0 Å². The summed E-state index contributed by atoms with van der Waals surface area (Å²) in [6.07, 6.45) is 2.73. The first-order valence-electron chi connectivity index (χ1n) is 6.26. The highest BCUT2D eigenvalue weighted by Crippen LogP contribution is 2.34. The van der Waals surface area contributed by atoms with Gasteiger partial charge >= 0.3 is 0 Å². The molecule has 1 rings (SSSR count). The molecule has 0 aromatic rings. The number of amides is 1. The number of nitrogens with two attached hydrogens (primary N) is 1. The molecule has 4 nitrogen and oxygen atoms in total. The van der Waals surface area contributed by atoms with Crippen molar-refractivity contribution in [3.8, 4) is 0 Å². The first-order valence-corrected chi connectivity index (χ1v) is 6.26. The third-order valence-corrected chi connectivity index (χ3v) is 3.58. The van der Waals surface area contributed by atoms with Crippen molar-refractivity contribution in [1.29, 1.82) is 0 Å². The van der Waals surface area contributed by atoms with Gasteiger partial charge in [0.15, 0.2) is 0 Å². The lowest BCUT2D eigenvalue weighted by Gasteiger charge is -2.31. The van der Waals surface area contributed by atoms with Gasteiger partial charge in [-0.3, -0.25) is 4.79 Å². The van der Waals surface area contributed by atoms with Crippen molar-refractivity contribution in [2.45, 2.75) is 51.7 Å². The molecule has 0 radical (unpaired) electrons. The average molecular weight is 265 g/mol. The van der Waals surface area contributed by atoms with Crippen molar-refractivity contribution >= 4 is 18.3 Å². The van der Waals surface area contributed by atoms with Gasteiger partial charge in [0.25, 0.3) is 0 Å². The summed E-state index contributed by atoms with van der Waals surface area (Å²) in [6.45, 7) is 7.25. The topological polar surface area (TPSA) is 64.3 Å². The molecule has 0 aliphatic heterocycles. The summed E-state index contributed by atoms with van der Waals surface area (Å²) >= 11 is 0. The highest BCUT2D eigenvalue weighted by molar-refractivity contribution is 5.85. The third-order valence-electron chi connectivity index (χ3n) is 3.58. The number of halogens is 1. The molecule has 1 fully saturated rings. The predicted octanol–water partition coefficient (Wildman–Crippen LogP) is 1.47. The predicted molar refractivity (Wildman–Crippen MR) is 71.3 cm³/mol. The van der Waals surface area contributed by atoms with E-state index in [9.17, 15) is 4.79 Å². The van der Waals surface area contributed by atoms with E-state index in [0.29, 0.717) is 13.2 Å². The number of carbonyl (C=O) groups is 1. The fraction of sp³-hybridized carbons (Fsp3) is 0.917. The largest absolute Gasteiger partial charge is 0.378 e. The summed E-state index contributed by atoms with van der Waals surface area (Å²) in [7, 11) is 0. The maximum absolute atomic E-state index is 11.9. The van der Waals surface area contributed by atoms with Crippen LogP contribution in [0.15, 0.2) is 0 Å². The van der Waals surface area contributed by atoms with Crippen LogP contribution in [0.1, 0.15) is 40.0 Å². The fourth-order valence-corrected chi connectivity index (χ4v) is 1.97. The minimum atomic E-state index is -0.226. The zero-order chi connectivity index (χ0) is 12.2.